The van der Waals surface area contributed by atoms with Crippen molar-refractivity contribution in [2.24, 2.45) is 5.92 Å². The van der Waals surface area contributed by atoms with Crippen LogP contribution >= 0.6 is 0 Å². The van der Waals surface area contributed by atoms with E-state index in [4.69, 9.17) is 13.9 Å². The molecule has 150 valence electrons. The van der Waals surface area contributed by atoms with Gasteiger partial charge in [0.25, 0.3) is 0 Å². The minimum atomic E-state index is -0.787. The summed E-state index contributed by atoms with van der Waals surface area (Å²) in [4.78, 5) is 12.4. The van der Waals surface area contributed by atoms with Crippen molar-refractivity contribution in [3.8, 4) is 11.5 Å². The molecule has 0 aliphatic carbocycles. The summed E-state index contributed by atoms with van der Waals surface area (Å²) >= 11 is 0. The second-order valence-corrected chi connectivity index (χ2v) is 8.69. The van der Waals surface area contributed by atoms with E-state index in [1.54, 1.807) is 6.07 Å². The molecule has 3 heterocycles. The lowest BCUT2D eigenvalue weighted by atomic mass is 9.84. The molecule has 0 fully saturated rings. The molecule has 0 saturated heterocycles. The summed E-state index contributed by atoms with van der Waals surface area (Å²) in [6, 6.07) is 1.56. The highest BCUT2D eigenvalue weighted by Gasteiger charge is 2.40. The Morgan fingerprint density at radius 1 is 1.25 bits per heavy atom. The number of rotatable bonds is 2. The molecule has 28 heavy (non-hydrogen) atoms. The van der Waals surface area contributed by atoms with Gasteiger partial charge in [-0.2, -0.15) is 0 Å². The number of aliphatic hydroxyl groups excluding tert-OH is 1. The molecule has 4 rings (SSSR count). The highest BCUT2D eigenvalue weighted by atomic mass is 16.5. The molecule has 4 atom stereocenters. The third-order valence-electron chi connectivity index (χ3n) is 6.20. The van der Waals surface area contributed by atoms with E-state index in [9.17, 15) is 9.90 Å². The maximum atomic E-state index is 12.4. The second kappa shape index (κ2) is 6.38. The fourth-order valence-corrected chi connectivity index (χ4v) is 4.08. The Morgan fingerprint density at radius 2 is 1.96 bits per heavy atom. The predicted octanol–water partition coefficient (Wildman–Crippen LogP) is 4.94. The standard InChI is InChI=1S/C23H28O5/c1-7-11(2)15-10-16(24)27-22-17(15)21-14(8-9-23(5,6)28-21)20-18(22)19(25)12(3)13(4)26-20/h8-13,19,25H,7H2,1-6H3. The van der Waals surface area contributed by atoms with Crippen molar-refractivity contribution in [3.63, 3.8) is 0 Å². The quantitative estimate of drug-likeness (QED) is 0.743. The largest absolute Gasteiger partial charge is 0.489 e. The van der Waals surface area contributed by atoms with Gasteiger partial charge in [-0.1, -0.05) is 20.8 Å². The lowest BCUT2D eigenvalue weighted by Crippen LogP contribution is -2.34. The molecular weight excluding hydrogens is 356 g/mol. The Kier molecular flexibility index (Phi) is 4.34. The molecule has 4 unspecified atom stereocenters. The Labute approximate surface area is 165 Å². The van der Waals surface area contributed by atoms with Crippen LogP contribution in [0.5, 0.6) is 11.5 Å². The lowest BCUT2D eigenvalue weighted by Gasteiger charge is -2.37. The van der Waals surface area contributed by atoms with Crippen LogP contribution in [0.25, 0.3) is 17.0 Å². The van der Waals surface area contributed by atoms with Crippen LogP contribution in [0.3, 0.4) is 0 Å². The zero-order valence-electron chi connectivity index (χ0n) is 17.3. The van der Waals surface area contributed by atoms with Crippen molar-refractivity contribution < 1.29 is 19.0 Å². The third kappa shape index (κ3) is 2.75. The summed E-state index contributed by atoms with van der Waals surface area (Å²) in [5, 5.41) is 11.8. The average Bonchev–Trinajstić information content (AvgIpc) is 2.63. The van der Waals surface area contributed by atoms with Crippen LogP contribution in [-0.2, 0) is 0 Å². The van der Waals surface area contributed by atoms with Gasteiger partial charge >= 0.3 is 5.63 Å². The molecule has 0 amide bonds. The number of aliphatic hydroxyl groups is 1. The van der Waals surface area contributed by atoms with Crippen molar-refractivity contribution in [3.05, 3.63) is 39.3 Å². The van der Waals surface area contributed by atoms with E-state index in [0.717, 1.165) is 22.9 Å². The van der Waals surface area contributed by atoms with E-state index >= 15 is 0 Å². The van der Waals surface area contributed by atoms with Gasteiger partial charge in [0.05, 0.1) is 22.6 Å². The fourth-order valence-electron chi connectivity index (χ4n) is 4.08. The fraction of sp³-hybridized carbons (Fsp3) is 0.522. The number of benzene rings is 1. The summed E-state index contributed by atoms with van der Waals surface area (Å²) in [6.45, 7) is 12.0. The first-order chi connectivity index (χ1) is 13.1. The third-order valence-corrected chi connectivity index (χ3v) is 6.20. The van der Waals surface area contributed by atoms with E-state index in [0.29, 0.717) is 22.6 Å². The van der Waals surface area contributed by atoms with E-state index < -0.39 is 17.3 Å². The van der Waals surface area contributed by atoms with Gasteiger partial charge in [0.2, 0.25) is 0 Å². The van der Waals surface area contributed by atoms with Crippen LogP contribution in [0.15, 0.2) is 21.4 Å². The van der Waals surface area contributed by atoms with Crippen LogP contribution in [0.4, 0.5) is 0 Å². The Bertz CT molecular complexity index is 1030. The first-order valence-electron chi connectivity index (χ1n) is 10.0. The summed E-state index contributed by atoms with van der Waals surface area (Å²) < 4.78 is 18.2. The van der Waals surface area contributed by atoms with Crippen LogP contribution in [0.1, 0.15) is 76.7 Å². The maximum absolute atomic E-state index is 12.4. The zero-order chi connectivity index (χ0) is 20.4. The molecule has 0 radical (unpaired) electrons. The van der Waals surface area contributed by atoms with Gasteiger partial charge in [-0.05, 0) is 50.8 Å². The molecule has 0 saturated carbocycles. The molecule has 1 aromatic heterocycles. The SMILES string of the molecule is CCC(C)c1cc(=O)oc2c3c(c4c(c12)OC(C)(C)C=C4)OC(C)C(C)C3O. The molecule has 2 aliphatic rings. The second-order valence-electron chi connectivity index (χ2n) is 8.69. The van der Waals surface area contributed by atoms with Crippen molar-refractivity contribution >= 4 is 17.0 Å². The van der Waals surface area contributed by atoms with Crippen LogP contribution in [-0.4, -0.2) is 16.8 Å². The highest BCUT2D eigenvalue weighted by molar-refractivity contribution is 5.97. The monoisotopic (exact) mass is 384 g/mol. The topological polar surface area (TPSA) is 68.9 Å². The Hall–Kier alpha value is -2.27. The van der Waals surface area contributed by atoms with Gasteiger partial charge in [-0.3, -0.25) is 0 Å². The molecule has 0 bridgehead atoms. The van der Waals surface area contributed by atoms with E-state index in [1.165, 1.54) is 0 Å². The number of hydrogen-bond donors (Lipinski definition) is 1. The van der Waals surface area contributed by atoms with Crippen LogP contribution < -0.4 is 15.1 Å². The van der Waals surface area contributed by atoms with E-state index in [1.807, 2.05) is 39.8 Å². The molecule has 1 aromatic carbocycles. The average molecular weight is 384 g/mol. The highest BCUT2D eigenvalue weighted by Crippen LogP contribution is 2.52. The van der Waals surface area contributed by atoms with Gasteiger partial charge < -0.3 is 19.0 Å². The number of hydrogen-bond acceptors (Lipinski definition) is 5. The van der Waals surface area contributed by atoms with Crippen LogP contribution in [0, 0.1) is 5.92 Å². The molecular formula is C23H28O5. The normalized spacial score (nSPS) is 26.2. The predicted molar refractivity (Wildman–Crippen MR) is 109 cm³/mol. The van der Waals surface area contributed by atoms with Crippen molar-refractivity contribution in [1.29, 1.82) is 0 Å². The van der Waals surface area contributed by atoms with Crippen molar-refractivity contribution in [1.82, 2.24) is 0 Å². The Morgan fingerprint density at radius 3 is 2.64 bits per heavy atom. The summed E-state index contributed by atoms with van der Waals surface area (Å²) in [5.74, 6) is 1.23. The van der Waals surface area contributed by atoms with E-state index in [2.05, 4.69) is 13.8 Å². The molecule has 5 heteroatoms. The van der Waals surface area contributed by atoms with Crippen LogP contribution in [0.2, 0.25) is 0 Å². The molecule has 2 aromatic rings. The van der Waals surface area contributed by atoms with Gasteiger partial charge in [-0.25, -0.2) is 4.79 Å². The maximum Gasteiger partial charge on any atom is 0.336 e. The zero-order valence-corrected chi connectivity index (χ0v) is 17.3. The van der Waals surface area contributed by atoms with Gasteiger partial charge in [0, 0.05) is 12.0 Å². The molecule has 0 spiro atoms. The Balaban J connectivity index is 2.19. The lowest BCUT2D eigenvalue weighted by molar-refractivity contribution is 0.0173. The van der Waals surface area contributed by atoms with Crippen molar-refractivity contribution in [2.75, 3.05) is 0 Å². The first kappa shape index (κ1) is 19.1. The first-order valence-corrected chi connectivity index (χ1v) is 10.0. The summed E-state index contributed by atoms with van der Waals surface area (Å²) in [5.41, 5.74) is 1.70. The molecule has 2 aliphatic heterocycles. The number of ether oxygens (including phenoxy) is 2. The minimum Gasteiger partial charge on any atom is -0.489 e. The van der Waals surface area contributed by atoms with Crippen molar-refractivity contribution in [2.45, 2.75) is 71.7 Å². The van der Waals surface area contributed by atoms with Gasteiger partial charge in [0.15, 0.2) is 5.58 Å². The summed E-state index contributed by atoms with van der Waals surface area (Å²) in [6.07, 6.45) is 3.90. The smallest absolute Gasteiger partial charge is 0.336 e. The van der Waals surface area contributed by atoms with Gasteiger partial charge in [-0.15, -0.1) is 0 Å². The molecule has 1 N–H and O–H groups in total. The molecule has 5 nitrogen and oxygen atoms in total. The number of fused-ring (bicyclic) bond motifs is 6. The summed E-state index contributed by atoms with van der Waals surface area (Å²) in [7, 11) is 0. The minimum absolute atomic E-state index is 0.128. The van der Waals surface area contributed by atoms with E-state index in [-0.39, 0.29) is 17.9 Å². The van der Waals surface area contributed by atoms with Gasteiger partial charge in [0.1, 0.15) is 23.2 Å².